The first kappa shape index (κ1) is 15.9. The number of benzene rings is 2. The van der Waals surface area contributed by atoms with E-state index in [-0.39, 0.29) is 5.91 Å². The van der Waals surface area contributed by atoms with Crippen molar-refractivity contribution in [3.05, 3.63) is 60.0 Å². The molecule has 0 spiro atoms. The van der Waals surface area contributed by atoms with Gasteiger partial charge >= 0.3 is 0 Å². The van der Waals surface area contributed by atoms with E-state index in [1.54, 1.807) is 13.2 Å². The topological polar surface area (TPSA) is 95.7 Å². The molecule has 0 unspecified atom stereocenters. The number of ether oxygens (including phenoxy) is 1. The third-order valence-electron chi connectivity index (χ3n) is 4.07. The number of aryl methyl sites for hydroxylation is 1. The van der Waals surface area contributed by atoms with E-state index in [9.17, 15) is 4.79 Å². The Bertz CT molecular complexity index is 1080. The summed E-state index contributed by atoms with van der Waals surface area (Å²) >= 11 is 0. The minimum absolute atomic E-state index is 0.207. The molecule has 2 aromatic carbocycles. The zero-order valence-electron chi connectivity index (χ0n) is 14.3. The van der Waals surface area contributed by atoms with Crippen LogP contribution in [0.2, 0.25) is 0 Å². The molecule has 0 saturated carbocycles. The third kappa shape index (κ3) is 3.02. The van der Waals surface area contributed by atoms with Gasteiger partial charge in [0.05, 0.1) is 7.11 Å². The Labute approximate surface area is 149 Å². The molecule has 0 bridgehead atoms. The number of anilines is 1. The summed E-state index contributed by atoms with van der Waals surface area (Å²) in [5.74, 6) is 1.93. The van der Waals surface area contributed by atoms with E-state index in [1.807, 2.05) is 49.4 Å². The Kier molecular flexibility index (Phi) is 3.89. The van der Waals surface area contributed by atoms with Crippen LogP contribution < -0.4 is 10.1 Å². The van der Waals surface area contributed by atoms with Crippen LogP contribution in [-0.4, -0.2) is 33.2 Å². The van der Waals surface area contributed by atoms with Gasteiger partial charge in [0.1, 0.15) is 17.3 Å². The average molecular weight is 347 g/mol. The quantitative estimate of drug-likeness (QED) is 0.526. The molecule has 4 rings (SSSR count). The predicted molar refractivity (Wildman–Crippen MR) is 99.4 cm³/mol. The lowest BCUT2D eigenvalue weighted by molar-refractivity contribution is 0.102. The largest absolute Gasteiger partial charge is 0.497 e. The molecule has 130 valence electrons. The molecule has 4 aromatic rings. The van der Waals surface area contributed by atoms with Gasteiger partial charge in [0.15, 0.2) is 5.82 Å². The summed E-state index contributed by atoms with van der Waals surface area (Å²) in [6.45, 7) is 1.85. The van der Waals surface area contributed by atoms with Gasteiger partial charge in [-0.2, -0.15) is 5.10 Å². The van der Waals surface area contributed by atoms with Gasteiger partial charge in [0.2, 0.25) is 0 Å². The summed E-state index contributed by atoms with van der Waals surface area (Å²) < 4.78 is 5.21. The van der Waals surface area contributed by atoms with Gasteiger partial charge in [-0.25, -0.2) is 4.98 Å². The van der Waals surface area contributed by atoms with E-state index < -0.39 is 0 Å². The molecule has 0 aliphatic carbocycles. The summed E-state index contributed by atoms with van der Waals surface area (Å²) in [6, 6.07) is 14.8. The highest BCUT2D eigenvalue weighted by molar-refractivity contribution is 6.06. The first-order valence-electron chi connectivity index (χ1n) is 8.10. The smallest absolute Gasteiger partial charge is 0.272 e. The van der Waals surface area contributed by atoms with E-state index in [1.165, 1.54) is 0 Å². The van der Waals surface area contributed by atoms with E-state index in [4.69, 9.17) is 4.74 Å². The van der Waals surface area contributed by atoms with E-state index in [0.29, 0.717) is 17.2 Å². The first-order valence-corrected chi connectivity index (χ1v) is 8.10. The van der Waals surface area contributed by atoms with E-state index in [2.05, 4.69) is 25.5 Å². The third-order valence-corrected chi connectivity index (χ3v) is 4.07. The van der Waals surface area contributed by atoms with Gasteiger partial charge in [-0.1, -0.05) is 0 Å². The number of aromatic nitrogens is 4. The summed E-state index contributed by atoms with van der Waals surface area (Å²) in [5.41, 5.74) is 2.94. The molecule has 0 fully saturated rings. The molecule has 0 atom stereocenters. The maximum atomic E-state index is 12.5. The lowest BCUT2D eigenvalue weighted by Gasteiger charge is -2.04. The van der Waals surface area contributed by atoms with Crippen molar-refractivity contribution in [1.82, 2.24) is 20.2 Å². The molecule has 1 amide bonds. The number of carbonyl (C=O) groups excluding carboxylic acids is 1. The fourth-order valence-corrected chi connectivity index (χ4v) is 2.73. The van der Waals surface area contributed by atoms with Crippen LogP contribution >= 0.6 is 0 Å². The number of nitrogens with one attached hydrogen (secondary N) is 3. The van der Waals surface area contributed by atoms with Crippen LogP contribution in [-0.2, 0) is 0 Å². The van der Waals surface area contributed by atoms with Gasteiger partial charge in [0, 0.05) is 22.2 Å². The molecule has 0 saturated heterocycles. The zero-order valence-corrected chi connectivity index (χ0v) is 14.3. The summed E-state index contributed by atoms with van der Waals surface area (Å²) in [7, 11) is 1.62. The highest BCUT2D eigenvalue weighted by Gasteiger charge is 2.11. The second-order valence-corrected chi connectivity index (χ2v) is 5.91. The van der Waals surface area contributed by atoms with Gasteiger partial charge in [-0.05, 0) is 55.5 Å². The molecule has 26 heavy (non-hydrogen) atoms. The number of hydrogen-bond donors (Lipinski definition) is 3. The van der Waals surface area contributed by atoms with Crippen LogP contribution in [0.4, 0.5) is 5.69 Å². The van der Waals surface area contributed by atoms with Crippen molar-refractivity contribution >= 4 is 22.5 Å². The Morgan fingerprint density at radius 2 is 1.92 bits per heavy atom. The van der Waals surface area contributed by atoms with E-state index >= 15 is 0 Å². The van der Waals surface area contributed by atoms with Crippen molar-refractivity contribution in [3.63, 3.8) is 0 Å². The standard InChI is InChI=1S/C19H17N5O2/c1-11-20-18(24-23-11)12-3-5-14(6-4-12)21-19(25)17-10-13-9-15(26-2)7-8-16(13)22-17/h3-10,22H,1-2H3,(H,21,25)(H,20,23,24). The second-order valence-electron chi connectivity index (χ2n) is 5.91. The van der Waals surface area contributed by atoms with Gasteiger partial charge in [-0.15, -0.1) is 0 Å². The van der Waals surface area contributed by atoms with Crippen molar-refractivity contribution in [3.8, 4) is 17.1 Å². The molecular formula is C19H17N5O2. The zero-order chi connectivity index (χ0) is 18.1. The maximum Gasteiger partial charge on any atom is 0.272 e. The number of carbonyl (C=O) groups is 1. The van der Waals surface area contributed by atoms with E-state index in [0.717, 1.165) is 28.0 Å². The van der Waals surface area contributed by atoms with Crippen LogP contribution in [0.1, 0.15) is 16.3 Å². The Balaban J connectivity index is 1.52. The summed E-state index contributed by atoms with van der Waals surface area (Å²) in [5, 5.41) is 10.7. The minimum Gasteiger partial charge on any atom is -0.497 e. The molecule has 7 heteroatoms. The summed E-state index contributed by atoms with van der Waals surface area (Å²) in [4.78, 5) is 19.9. The SMILES string of the molecule is COc1ccc2[nH]c(C(=O)Nc3ccc(-c4n[nH]c(C)n4)cc3)cc2c1. The first-order chi connectivity index (χ1) is 12.6. The van der Waals surface area contributed by atoms with Crippen LogP contribution in [0.15, 0.2) is 48.5 Å². The summed E-state index contributed by atoms with van der Waals surface area (Å²) in [6.07, 6.45) is 0. The van der Waals surface area contributed by atoms with Crippen molar-refractivity contribution in [2.24, 2.45) is 0 Å². The maximum absolute atomic E-state index is 12.5. The number of aromatic amines is 2. The van der Waals surface area contributed by atoms with Crippen molar-refractivity contribution < 1.29 is 9.53 Å². The van der Waals surface area contributed by atoms with Crippen molar-refractivity contribution in [2.75, 3.05) is 12.4 Å². The number of methoxy groups -OCH3 is 1. The molecule has 3 N–H and O–H groups in total. The number of rotatable bonds is 4. The lowest BCUT2D eigenvalue weighted by atomic mass is 10.2. The van der Waals surface area contributed by atoms with Crippen molar-refractivity contribution in [1.29, 1.82) is 0 Å². The van der Waals surface area contributed by atoms with Gasteiger partial charge in [0.25, 0.3) is 5.91 Å². The van der Waals surface area contributed by atoms with Crippen LogP contribution in [0, 0.1) is 6.92 Å². The van der Waals surface area contributed by atoms with Crippen LogP contribution in [0.5, 0.6) is 5.75 Å². The monoisotopic (exact) mass is 347 g/mol. The number of nitrogens with zero attached hydrogens (tertiary/aromatic N) is 2. The Morgan fingerprint density at radius 1 is 1.12 bits per heavy atom. The fraction of sp³-hybridized carbons (Fsp3) is 0.105. The molecule has 0 radical (unpaired) electrons. The molecule has 0 aliphatic heterocycles. The van der Waals surface area contributed by atoms with Crippen molar-refractivity contribution in [2.45, 2.75) is 6.92 Å². The normalized spacial score (nSPS) is 10.8. The lowest BCUT2D eigenvalue weighted by Crippen LogP contribution is -2.12. The average Bonchev–Trinajstić information content (AvgIpc) is 3.27. The molecule has 2 heterocycles. The van der Waals surface area contributed by atoms with Crippen LogP contribution in [0.3, 0.4) is 0 Å². The molecule has 2 aromatic heterocycles. The second kappa shape index (κ2) is 6.36. The fourth-order valence-electron chi connectivity index (χ4n) is 2.73. The minimum atomic E-state index is -0.207. The molecule has 0 aliphatic rings. The molecule has 7 nitrogen and oxygen atoms in total. The number of H-pyrrole nitrogens is 2. The predicted octanol–water partition coefficient (Wildman–Crippen LogP) is 3.52. The van der Waals surface area contributed by atoms with Crippen LogP contribution in [0.25, 0.3) is 22.3 Å². The number of amides is 1. The van der Waals surface area contributed by atoms with Gasteiger partial charge < -0.3 is 15.0 Å². The number of hydrogen-bond acceptors (Lipinski definition) is 4. The highest BCUT2D eigenvalue weighted by Crippen LogP contribution is 2.22. The number of fused-ring (bicyclic) bond motifs is 1. The Morgan fingerprint density at radius 3 is 2.62 bits per heavy atom. The Hall–Kier alpha value is -3.61. The van der Waals surface area contributed by atoms with Gasteiger partial charge in [-0.3, -0.25) is 9.89 Å². The molecular weight excluding hydrogens is 330 g/mol. The highest BCUT2D eigenvalue weighted by atomic mass is 16.5.